The summed E-state index contributed by atoms with van der Waals surface area (Å²) in [6, 6.07) is 7.59. The van der Waals surface area contributed by atoms with E-state index in [1.807, 2.05) is 12.1 Å². The third kappa shape index (κ3) is 3.44. The summed E-state index contributed by atoms with van der Waals surface area (Å²) < 4.78 is 2.19. The van der Waals surface area contributed by atoms with Gasteiger partial charge in [-0.05, 0) is 36.2 Å². The smallest absolute Gasteiger partial charge is 0.0652 e. The highest BCUT2D eigenvalue weighted by Crippen LogP contribution is 2.25. The average Bonchev–Trinajstić information content (AvgIpc) is 2.76. The molecule has 0 fully saturated rings. The van der Waals surface area contributed by atoms with Gasteiger partial charge < -0.3 is 9.88 Å². The summed E-state index contributed by atoms with van der Waals surface area (Å²) in [5.41, 5.74) is 2.15. The summed E-state index contributed by atoms with van der Waals surface area (Å²) in [5, 5.41) is 4.61. The van der Waals surface area contributed by atoms with Crippen molar-refractivity contribution in [2.24, 2.45) is 0 Å². The molecule has 96 valence electrons. The Balaban J connectivity index is 1.97. The highest BCUT2D eigenvalue weighted by atomic mass is 35.5. The van der Waals surface area contributed by atoms with Crippen molar-refractivity contribution < 1.29 is 0 Å². The van der Waals surface area contributed by atoms with Gasteiger partial charge in [0.05, 0.1) is 10.7 Å². The largest absolute Gasteiger partial charge is 0.380 e. The van der Waals surface area contributed by atoms with Crippen LogP contribution in [-0.2, 0) is 13.1 Å². The molecule has 0 aliphatic carbocycles. The van der Waals surface area contributed by atoms with Gasteiger partial charge in [0, 0.05) is 30.5 Å². The van der Waals surface area contributed by atoms with Crippen LogP contribution in [0.25, 0.3) is 0 Å². The monoisotopic (exact) mass is 282 g/mol. The third-order valence-corrected chi connectivity index (χ3v) is 3.26. The molecule has 0 radical (unpaired) electrons. The van der Waals surface area contributed by atoms with E-state index < -0.39 is 0 Å². The fourth-order valence-corrected chi connectivity index (χ4v) is 2.30. The van der Waals surface area contributed by atoms with Crippen LogP contribution in [-0.4, -0.2) is 4.57 Å². The Hall–Kier alpha value is -1.12. The first-order valence-electron chi connectivity index (χ1n) is 6.02. The predicted molar refractivity (Wildman–Crippen MR) is 78.5 cm³/mol. The van der Waals surface area contributed by atoms with Gasteiger partial charge in [-0.25, -0.2) is 0 Å². The molecular weight excluding hydrogens is 267 g/mol. The summed E-state index contributed by atoms with van der Waals surface area (Å²) in [5.74, 6) is 0. The molecule has 1 heterocycles. The Morgan fingerprint density at radius 3 is 2.78 bits per heavy atom. The van der Waals surface area contributed by atoms with Gasteiger partial charge in [-0.1, -0.05) is 30.1 Å². The molecule has 0 spiro atoms. The Morgan fingerprint density at radius 1 is 1.22 bits per heavy atom. The second kappa shape index (κ2) is 6.17. The van der Waals surface area contributed by atoms with Crippen LogP contribution in [0.1, 0.15) is 18.9 Å². The maximum Gasteiger partial charge on any atom is 0.0652 e. The molecule has 18 heavy (non-hydrogen) atoms. The van der Waals surface area contributed by atoms with Crippen LogP contribution in [0.4, 0.5) is 5.69 Å². The van der Waals surface area contributed by atoms with Crippen LogP contribution in [0, 0.1) is 0 Å². The first-order chi connectivity index (χ1) is 8.69. The first-order valence-corrected chi connectivity index (χ1v) is 6.78. The van der Waals surface area contributed by atoms with Gasteiger partial charge in [0.15, 0.2) is 0 Å². The highest BCUT2D eigenvalue weighted by molar-refractivity contribution is 6.36. The summed E-state index contributed by atoms with van der Waals surface area (Å²) in [4.78, 5) is 0. The zero-order valence-corrected chi connectivity index (χ0v) is 11.8. The lowest BCUT2D eigenvalue weighted by Gasteiger charge is -2.07. The molecule has 0 unspecified atom stereocenters. The van der Waals surface area contributed by atoms with E-state index in [4.69, 9.17) is 23.2 Å². The van der Waals surface area contributed by atoms with Crippen molar-refractivity contribution in [3.05, 3.63) is 52.3 Å². The maximum atomic E-state index is 6.10. The molecule has 0 bridgehead atoms. The minimum atomic E-state index is 0.649. The highest BCUT2D eigenvalue weighted by Gasteiger charge is 2.01. The molecule has 1 N–H and O–H groups in total. The van der Waals surface area contributed by atoms with Crippen molar-refractivity contribution in [3.63, 3.8) is 0 Å². The Labute approximate surface area is 118 Å². The maximum absolute atomic E-state index is 6.10. The van der Waals surface area contributed by atoms with Crippen LogP contribution in [0.15, 0.2) is 36.7 Å². The molecular formula is C14H16Cl2N2. The number of aryl methyl sites for hydroxylation is 1. The zero-order chi connectivity index (χ0) is 13.0. The summed E-state index contributed by atoms with van der Waals surface area (Å²) in [6.07, 6.45) is 5.40. The van der Waals surface area contributed by atoms with Gasteiger partial charge in [0.1, 0.15) is 0 Å². The summed E-state index contributed by atoms with van der Waals surface area (Å²) in [7, 11) is 0. The predicted octanol–water partition coefficient (Wildman–Crippen LogP) is 4.82. The van der Waals surface area contributed by atoms with Gasteiger partial charge in [-0.2, -0.15) is 0 Å². The number of halogens is 2. The molecule has 0 aliphatic heterocycles. The normalized spacial score (nSPS) is 10.6. The zero-order valence-electron chi connectivity index (χ0n) is 10.3. The quantitative estimate of drug-likeness (QED) is 0.832. The van der Waals surface area contributed by atoms with Crippen molar-refractivity contribution in [2.45, 2.75) is 26.4 Å². The van der Waals surface area contributed by atoms with Crippen LogP contribution in [0.2, 0.25) is 10.0 Å². The van der Waals surface area contributed by atoms with Gasteiger partial charge in [-0.15, -0.1) is 0 Å². The number of aromatic nitrogens is 1. The van der Waals surface area contributed by atoms with E-state index in [0.717, 1.165) is 25.2 Å². The number of anilines is 1. The number of hydrogen-bond donors (Lipinski definition) is 1. The van der Waals surface area contributed by atoms with Crippen molar-refractivity contribution in [3.8, 4) is 0 Å². The van der Waals surface area contributed by atoms with E-state index >= 15 is 0 Å². The Bertz CT molecular complexity index is 520. The average molecular weight is 283 g/mol. The second-order valence-corrected chi connectivity index (χ2v) is 5.08. The lowest BCUT2D eigenvalue weighted by atomic mass is 10.3. The Kier molecular flexibility index (Phi) is 4.56. The fourth-order valence-electron chi connectivity index (χ4n) is 1.82. The molecule has 0 saturated heterocycles. The van der Waals surface area contributed by atoms with Crippen LogP contribution >= 0.6 is 23.2 Å². The molecule has 2 rings (SSSR count). The molecule has 0 atom stereocenters. The van der Waals surface area contributed by atoms with Crippen molar-refractivity contribution in [1.29, 1.82) is 0 Å². The SMILES string of the molecule is CCCn1ccc(CNc2ccc(Cl)cc2Cl)c1. The van der Waals surface area contributed by atoms with E-state index in [2.05, 4.69) is 35.3 Å². The van der Waals surface area contributed by atoms with Gasteiger partial charge in [-0.3, -0.25) is 0 Å². The van der Waals surface area contributed by atoms with E-state index in [1.54, 1.807) is 6.07 Å². The number of benzene rings is 1. The molecule has 2 nitrogen and oxygen atoms in total. The lowest BCUT2D eigenvalue weighted by molar-refractivity contribution is 0.682. The van der Waals surface area contributed by atoms with Crippen LogP contribution in [0.3, 0.4) is 0 Å². The number of nitrogens with zero attached hydrogens (tertiary/aromatic N) is 1. The molecule has 1 aromatic carbocycles. The van der Waals surface area contributed by atoms with E-state index in [9.17, 15) is 0 Å². The van der Waals surface area contributed by atoms with Crippen molar-refractivity contribution in [1.82, 2.24) is 4.57 Å². The molecule has 0 amide bonds. The molecule has 1 aromatic heterocycles. The molecule has 0 saturated carbocycles. The van der Waals surface area contributed by atoms with Gasteiger partial charge >= 0.3 is 0 Å². The van der Waals surface area contributed by atoms with Gasteiger partial charge in [0.25, 0.3) is 0 Å². The summed E-state index contributed by atoms with van der Waals surface area (Å²) >= 11 is 12.0. The first kappa shape index (κ1) is 13.3. The molecule has 4 heteroatoms. The second-order valence-electron chi connectivity index (χ2n) is 4.24. The van der Waals surface area contributed by atoms with Crippen LogP contribution in [0.5, 0.6) is 0 Å². The minimum absolute atomic E-state index is 0.649. The van der Waals surface area contributed by atoms with Crippen molar-refractivity contribution in [2.75, 3.05) is 5.32 Å². The van der Waals surface area contributed by atoms with Gasteiger partial charge in [0.2, 0.25) is 0 Å². The standard InChI is InChI=1S/C14H16Cl2N2/c1-2-6-18-7-5-11(10-18)9-17-14-4-3-12(15)8-13(14)16/h3-5,7-8,10,17H,2,6,9H2,1H3. The van der Waals surface area contributed by atoms with Crippen LogP contribution < -0.4 is 5.32 Å². The van der Waals surface area contributed by atoms with E-state index in [0.29, 0.717) is 10.0 Å². The Morgan fingerprint density at radius 2 is 2.06 bits per heavy atom. The third-order valence-electron chi connectivity index (χ3n) is 2.71. The minimum Gasteiger partial charge on any atom is -0.380 e. The fraction of sp³-hybridized carbons (Fsp3) is 0.286. The number of nitrogens with one attached hydrogen (secondary N) is 1. The van der Waals surface area contributed by atoms with E-state index in [-0.39, 0.29) is 0 Å². The molecule has 0 aliphatic rings. The molecule has 2 aromatic rings. The number of hydrogen-bond acceptors (Lipinski definition) is 1. The number of rotatable bonds is 5. The lowest BCUT2D eigenvalue weighted by Crippen LogP contribution is -1.99. The van der Waals surface area contributed by atoms with Crippen molar-refractivity contribution >= 4 is 28.9 Å². The summed E-state index contributed by atoms with van der Waals surface area (Å²) in [6.45, 7) is 3.99. The topological polar surface area (TPSA) is 17.0 Å². The van der Waals surface area contributed by atoms with E-state index in [1.165, 1.54) is 5.56 Å².